The second kappa shape index (κ2) is 8.64. The Bertz CT molecular complexity index is 311. The molecule has 1 rings (SSSR count). The van der Waals surface area contributed by atoms with Gasteiger partial charge in [-0.05, 0) is 52.4 Å². The molecular formula is C17H32N2O. The van der Waals surface area contributed by atoms with E-state index in [4.69, 9.17) is 4.74 Å². The van der Waals surface area contributed by atoms with Crippen LogP contribution in [0, 0.1) is 17.2 Å². The van der Waals surface area contributed by atoms with E-state index in [1.54, 1.807) is 0 Å². The molecule has 1 saturated carbocycles. The van der Waals surface area contributed by atoms with E-state index in [9.17, 15) is 5.26 Å². The standard InChI is InChI=1S/C17H32N2O/c1-5-15-9-6-7-10-16(15)20-12-8-11-17(4,13-18)19-14(2)3/h14-16,19H,5-12H2,1-4H3. The fourth-order valence-corrected chi connectivity index (χ4v) is 3.32. The van der Waals surface area contributed by atoms with Crippen LogP contribution in [0.15, 0.2) is 0 Å². The first-order valence-corrected chi connectivity index (χ1v) is 8.31. The highest BCUT2D eigenvalue weighted by atomic mass is 16.5. The molecule has 1 fully saturated rings. The summed E-state index contributed by atoms with van der Waals surface area (Å²) in [5.41, 5.74) is -0.422. The third kappa shape index (κ3) is 5.81. The lowest BCUT2D eigenvalue weighted by Crippen LogP contribution is -2.45. The molecule has 0 spiro atoms. The largest absolute Gasteiger partial charge is 0.378 e. The molecule has 0 amide bonds. The average molecular weight is 280 g/mol. The summed E-state index contributed by atoms with van der Waals surface area (Å²) < 4.78 is 6.09. The predicted molar refractivity (Wildman–Crippen MR) is 83.5 cm³/mol. The van der Waals surface area contributed by atoms with Crippen LogP contribution in [0.3, 0.4) is 0 Å². The van der Waals surface area contributed by atoms with Gasteiger partial charge in [-0.25, -0.2) is 0 Å². The van der Waals surface area contributed by atoms with E-state index in [0.29, 0.717) is 12.1 Å². The Balaban J connectivity index is 2.28. The maximum absolute atomic E-state index is 9.31. The summed E-state index contributed by atoms with van der Waals surface area (Å²) in [6.45, 7) is 9.21. The van der Waals surface area contributed by atoms with Crippen molar-refractivity contribution in [1.29, 1.82) is 5.26 Å². The van der Waals surface area contributed by atoms with E-state index >= 15 is 0 Å². The molecular weight excluding hydrogens is 248 g/mol. The minimum atomic E-state index is -0.422. The lowest BCUT2D eigenvalue weighted by atomic mass is 9.85. The fourth-order valence-electron chi connectivity index (χ4n) is 3.32. The van der Waals surface area contributed by atoms with Crippen LogP contribution in [0.1, 0.15) is 72.6 Å². The highest BCUT2D eigenvalue weighted by molar-refractivity contribution is 5.04. The first-order valence-electron chi connectivity index (χ1n) is 8.31. The maximum atomic E-state index is 9.31. The lowest BCUT2D eigenvalue weighted by molar-refractivity contribution is -0.0146. The Morgan fingerprint density at radius 3 is 2.65 bits per heavy atom. The van der Waals surface area contributed by atoms with Gasteiger partial charge < -0.3 is 4.74 Å². The van der Waals surface area contributed by atoms with Gasteiger partial charge in [0.1, 0.15) is 5.54 Å². The van der Waals surface area contributed by atoms with Gasteiger partial charge in [0.05, 0.1) is 12.2 Å². The second-order valence-corrected chi connectivity index (χ2v) is 6.71. The molecule has 1 aliphatic carbocycles. The smallest absolute Gasteiger partial charge is 0.104 e. The number of hydrogen-bond donors (Lipinski definition) is 1. The summed E-state index contributed by atoms with van der Waals surface area (Å²) >= 11 is 0. The van der Waals surface area contributed by atoms with Crippen LogP contribution in [-0.2, 0) is 4.74 Å². The first-order chi connectivity index (χ1) is 9.50. The molecule has 3 atom stereocenters. The molecule has 3 heteroatoms. The molecule has 3 nitrogen and oxygen atoms in total. The molecule has 1 N–H and O–H groups in total. The third-order valence-electron chi connectivity index (χ3n) is 4.37. The zero-order valence-electron chi connectivity index (χ0n) is 13.7. The van der Waals surface area contributed by atoms with Gasteiger partial charge in [-0.1, -0.05) is 26.2 Å². The summed E-state index contributed by atoms with van der Waals surface area (Å²) in [4.78, 5) is 0. The summed E-state index contributed by atoms with van der Waals surface area (Å²) in [5.74, 6) is 0.750. The number of nitrogens with one attached hydrogen (secondary N) is 1. The molecule has 20 heavy (non-hydrogen) atoms. The Morgan fingerprint density at radius 2 is 2.05 bits per heavy atom. The highest BCUT2D eigenvalue weighted by Gasteiger charge is 2.26. The van der Waals surface area contributed by atoms with Crippen LogP contribution in [0.2, 0.25) is 0 Å². The van der Waals surface area contributed by atoms with Crippen molar-refractivity contribution in [2.45, 2.75) is 90.3 Å². The molecule has 1 aliphatic rings. The summed E-state index contributed by atoms with van der Waals surface area (Å²) in [6, 6.07) is 2.74. The molecule has 0 saturated heterocycles. The van der Waals surface area contributed by atoms with Crippen LogP contribution in [-0.4, -0.2) is 24.3 Å². The molecule has 0 aromatic carbocycles. The molecule has 116 valence electrons. The number of rotatable bonds is 8. The first kappa shape index (κ1) is 17.5. The lowest BCUT2D eigenvalue weighted by Gasteiger charge is -2.31. The van der Waals surface area contributed by atoms with E-state index in [1.807, 2.05) is 6.92 Å². The minimum Gasteiger partial charge on any atom is -0.378 e. The van der Waals surface area contributed by atoms with Crippen molar-refractivity contribution in [3.05, 3.63) is 0 Å². The zero-order valence-corrected chi connectivity index (χ0v) is 13.7. The molecule has 0 aromatic heterocycles. The number of nitrogens with zero attached hydrogens (tertiary/aromatic N) is 1. The van der Waals surface area contributed by atoms with Crippen LogP contribution < -0.4 is 5.32 Å². The summed E-state index contributed by atoms with van der Waals surface area (Å²) in [5, 5.41) is 12.7. The Kier molecular flexibility index (Phi) is 7.55. The van der Waals surface area contributed by atoms with Gasteiger partial charge in [-0.2, -0.15) is 5.26 Å². The SMILES string of the molecule is CCC1CCCCC1OCCCC(C)(C#N)NC(C)C. The Hall–Kier alpha value is -0.590. The van der Waals surface area contributed by atoms with Crippen molar-refractivity contribution < 1.29 is 4.74 Å². The predicted octanol–water partition coefficient (Wildman–Crippen LogP) is 4.03. The molecule has 0 bridgehead atoms. The fraction of sp³-hybridized carbons (Fsp3) is 0.941. The molecule has 0 aromatic rings. The van der Waals surface area contributed by atoms with E-state index < -0.39 is 5.54 Å². The van der Waals surface area contributed by atoms with Crippen LogP contribution in [0.25, 0.3) is 0 Å². The van der Waals surface area contributed by atoms with Gasteiger partial charge in [0.15, 0.2) is 0 Å². The van der Waals surface area contributed by atoms with Crippen molar-refractivity contribution in [2.24, 2.45) is 5.92 Å². The molecule has 3 unspecified atom stereocenters. The summed E-state index contributed by atoms with van der Waals surface area (Å²) in [7, 11) is 0. The number of ether oxygens (including phenoxy) is 1. The van der Waals surface area contributed by atoms with Crippen molar-refractivity contribution in [3.8, 4) is 6.07 Å². The van der Waals surface area contributed by atoms with Gasteiger partial charge in [0.25, 0.3) is 0 Å². The van der Waals surface area contributed by atoms with Crippen molar-refractivity contribution >= 4 is 0 Å². The van der Waals surface area contributed by atoms with E-state index in [2.05, 4.69) is 32.2 Å². The van der Waals surface area contributed by atoms with Gasteiger partial charge in [-0.15, -0.1) is 0 Å². The Labute approximate surface area is 125 Å². The monoisotopic (exact) mass is 280 g/mol. The van der Waals surface area contributed by atoms with Crippen LogP contribution in [0.5, 0.6) is 0 Å². The van der Waals surface area contributed by atoms with Gasteiger partial charge in [0.2, 0.25) is 0 Å². The van der Waals surface area contributed by atoms with Gasteiger partial charge in [-0.3, -0.25) is 5.32 Å². The maximum Gasteiger partial charge on any atom is 0.104 e. The van der Waals surface area contributed by atoms with Gasteiger partial charge >= 0.3 is 0 Å². The van der Waals surface area contributed by atoms with Crippen molar-refractivity contribution in [1.82, 2.24) is 5.32 Å². The zero-order chi connectivity index (χ0) is 15.0. The molecule has 0 aliphatic heterocycles. The minimum absolute atomic E-state index is 0.336. The quantitative estimate of drug-likeness (QED) is 0.683. The number of hydrogen-bond acceptors (Lipinski definition) is 3. The molecule has 0 radical (unpaired) electrons. The van der Waals surface area contributed by atoms with E-state index in [1.165, 1.54) is 32.1 Å². The second-order valence-electron chi connectivity index (χ2n) is 6.71. The van der Waals surface area contributed by atoms with E-state index in [-0.39, 0.29) is 0 Å². The van der Waals surface area contributed by atoms with E-state index in [0.717, 1.165) is 25.4 Å². The highest BCUT2D eigenvalue weighted by Crippen LogP contribution is 2.29. The van der Waals surface area contributed by atoms with Crippen molar-refractivity contribution in [3.63, 3.8) is 0 Å². The van der Waals surface area contributed by atoms with Crippen LogP contribution in [0.4, 0.5) is 0 Å². The van der Waals surface area contributed by atoms with Crippen LogP contribution >= 0.6 is 0 Å². The normalized spacial score (nSPS) is 26.2. The topological polar surface area (TPSA) is 45.0 Å². The average Bonchev–Trinajstić information content (AvgIpc) is 2.43. The van der Waals surface area contributed by atoms with Crippen molar-refractivity contribution in [2.75, 3.05) is 6.61 Å². The van der Waals surface area contributed by atoms with Gasteiger partial charge in [0, 0.05) is 12.6 Å². The number of nitriles is 1. The molecule has 0 heterocycles. The summed E-state index contributed by atoms with van der Waals surface area (Å²) in [6.07, 6.45) is 8.72. The third-order valence-corrected chi connectivity index (χ3v) is 4.37. The Morgan fingerprint density at radius 1 is 1.35 bits per heavy atom.